The second-order valence-electron chi connectivity index (χ2n) is 10.1. The summed E-state index contributed by atoms with van der Waals surface area (Å²) in [6.45, 7) is 3.89. The molecule has 9 heteroatoms. The highest BCUT2D eigenvalue weighted by Gasteiger charge is 2.36. The molecule has 3 heterocycles. The number of thioether (sulfide) groups is 1. The summed E-state index contributed by atoms with van der Waals surface area (Å²) >= 11 is 1.80. The highest BCUT2D eigenvalue weighted by Crippen LogP contribution is 2.35. The molecule has 0 saturated carbocycles. The van der Waals surface area contributed by atoms with Crippen molar-refractivity contribution in [3.8, 4) is 34.5 Å². The van der Waals surface area contributed by atoms with E-state index in [1.807, 2.05) is 54.7 Å². The van der Waals surface area contributed by atoms with Crippen LogP contribution in [-0.4, -0.2) is 39.0 Å². The van der Waals surface area contributed by atoms with Crippen LogP contribution in [0.1, 0.15) is 31.4 Å². The average molecular weight is 589 g/mol. The van der Waals surface area contributed by atoms with Gasteiger partial charge in [-0.2, -0.15) is 10.4 Å². The molecule has 0 aliphatic carbocycles. The Morgan fingerprint density at radius 3 is 2.51 bits per heavy atom. The van der Waals surface area contributed by atoms with Crippen LogP contribution < -0.4 is 9.47 Å². The molecule has 0 bridgehead atoms. The summed E-state index contributed by atoms with van der Waals surface area (Å²) in [7, 11) is 0. The Morgan fingerprint density at radius 1 is 1.00 bits per heavy atom. The van der Waals surface area contributed by atoms with E-state index in [-0.39, 0.29) is 24.5 Å². The smallest absolute Gasteiger partial charge is 0.271 e. The number of fused-ring (bicyclic) bond motifs is 1. The third-order valence-corrected chi connectivity index (χ3v) is 8.48. The summed E-state index contributed by atoms with van der Waals surface area (Å²) in [5.41, 5.74) is 4.34. The van der Waals surface area contributed by atoms with Crippen molar-refractivity contribution < 1.29 is 19.1 Å². The second-order valence-corrected chi connectivity index (χ2v) is 11.3. The minimum absolute atomic E-state index is 0.0167. The number of aromatic nitrogens is 2. The molecule has 0 N–H and O–H groups in total. The van der Waals surface area contributed by atoms with Crippen LogP contribution in [0, 0.1) is 11.3 Å². The van der Waals surface area contributed by atoms with Crippen LogP contribution in [-0.2, 0) is 16.1 Å². The fourth-order valence-electron chi connectivity index (χ4n) is 5.01. The summed E-state index contributed by atoms with van der Waals surface area (Å²) in [5, 5.41) is 14.8. The maximum absolute atomic E-state index is 13.9. The first-order valence-electron chi connectivity index (χ1n) is 13.9. The number of nitrogens with zero attached hydrogens (tertiary/aromatic N) is 4. The lowest BCUT2D eigenvalue weighted by atomic mass is 9.93. The molecule has 1 aromatic heterocycles. The maximum atomic E-state index is 13.9. The molecule has 0 unspecified atom stereocenters. The van der Waals surface area contributed by atoms with Crippen molar-refractivity contribution in [2.75, 3.05) is 12.5 Å². The summed E-state index contributed by atoms with van der Waals surface area (Å²) in [6, 6.07) is 25.2. The standard InChI is InChI=1S/C34H28N4O4S/c1-3-15-43-27-12-10-24(11-13-27)32-25(20-38(36-32)26-7-5-4-6-8-26)17-28-22(2)29(18-35)34(40)37(33(28)39)19-23-9-14-30-31(16-23)42-21-41-30/h4-14,16-17,20H,3,15,19,21H2,1-2H3/b28-17+. The van der Waals surface area contributed by atoms with Gasteiger partial charge in [0.15, 0.2) is 11.5 Å². The molecule has 0 atom stereocenters. The first kappa shape index (κ1) is 28.1. The zero-order chi connectivity index (χ0) is 29.9. The van der Waals surface area contributed by atoms with Gasteiger partial charge < -0.3 is 9.47 Å². The number of hydrogen-bond donors (Lipinski definition) is 0. The van der Waals surface area contributed by atoms with E-state index in [4.69, 9.17) is 14.6 Å². The number of carbonyl (C=O) groups excluding carboxylic acids is 2. The Labute approximate surface area is 253 Å². The highest BCUT2D eigenvalue weighted by atomic mass is 32.2. The molecule has 2 amide bonds. The Kier molecular flexibility index (Phi) is 7.86. The minimum atomic E-state index is -0.625. The van der Waals surface area contributed by atoms with Gasteiger partial charge in [0.25, 0.3) is 11.8 Å². The zero-order valence-electron chi connectivity index (χ0n) is 23.7. The fourth-order valence-corrected chi connectivity index (χ4v) is 5.78. The molecule has 2 aliphatic rings. The van der Waals surface area contributed by atoms with E-state index in [0.29, 0.717) is 33.9 Å². The minimum Gasteiger partial charge on any atom is -0.454 e. The zero-order valence-corrected chi connectivity index (χ0v) is 24.6. The molecule has 4 aromatic rings. The van der Waals surface area contributed by atoms with Gasteiger partial charge in [0.1, 0.15) is 11.6 Å². The van der Waals surface area contributed by atoms with Crippen molar-refractivity contribution in [1.29, 1.82) is 5.26 Å². The number of carbonyl (C=O) groups is 2. The van der Waals surface area contributed by atoms with E-state index in [0.717, 1.165) is 28.3 Å². The number of benzene rings is 3. The largest absolute Gasteiger partial charge is 0.454 e. The SMILES string of the molecule is CCCSc1ccc(-c2nn(-c3ccccc3)cc2/C=C2/C(=O)N(Cc3ccc4c(c3)OCO4)C(=O)C(C#N)=C2C)cc1. The summed E-state index contributed by atoms with van der Waals surface area (Å²) < 4.78 is 12.6. The van der Waals surface area contributed by atoms with Crippen molar-refractivity contribution >= 4 is 29.7 Å². The number of amides is 2. The molecule has 0 fully saturated rings. The quantitative estimate of drug-likeness (QED) is 0.131. The predicted octanol–water partition coefficient (Wildman–Crippen LogP) is 6.56. The van der Waals surface area contributed by atoms with Crippen LogP contribution in [0.4, 0.5) is 0 Å². The number of ether oxygens (including phenoxy) is 2. The van der Waals surface area contributed by atoms with Crippen molar-refractivity contribution in [1.82, 2.24) is 14.7 Å². The lowest BCUT2D eigenvalue weighted by Gasteiger charge is -2.27. The van der Waals surface area contributed by atoms with Crippen LogP contribution in [0.5, 0.6) is 11.5 Å². The molecule has 0 radical (unpaired) electrons. The van der Waals surface area contributed by atoms with Crippen LogP contribution in [0.2, 0.25) is 0 Å². The maximum Gasteiger partial charge on any atom is 0.271 e. The lowest BCUT2D eigenvalue weighted by Crippen LogP contribution is -2.42. The summed E-state index contributed by atoms with van der Waals surface area (Å²) in [4.78, 5) is 29.5. The molecular formula is C34H28N4O4S. The second kappa shape index (κ2) is 12.0. The fraction of sp³-hybridized carbons (Fsp3) is 0.176. The van der Waals surface area contributed by atoms with Crippen molar-refractivity contribution in [3.05, 3.63) is 107 Å². The van der Waals surface area contributed by atoms with Crippen molar-refractivity contribution in [3.63, 3.8) is 0 Å². The lowest BCUT2D eigenvalue weighted by molar-refractivity contribution is -0.141. The first-order valence-corrected chi connectivity index (χ1v) is 14.9. The molecular weight excluding hydrogens is 560 g/mol. The molecule has 6 rings (SSSR count). The van der Waals surface area contributed by atoms with E-state index in [2.05, 4.69) is 19.1 Å². The van der Waals surface area contributed by atoms with Crippen LogP contribution in [0.3, 0.4) is 0 Å². The number of para-hydroxylation sites is 1. The third-order valence-electron chi connectivity index (χ3n) is 7.27. The van der Waals surface area contributed by atoms with Crippen LogP contribution in [0.25, 0.3) is 23.0 Å². The van der Waals surface area contributed by atoms with Gasteiger partial charge in [0.2, 0.25) is 6.79 Å². The van der Waals surface area contributed by atoms with Gasteiger partial charge in [-0.1, -0.05) is 43.3 Å². The molecule has 2 aliphatic heterocycles. The monoisotopic (exact) mass is 588 g/mol. The molecule has 0 spiro atoms. The normalized spacial score (nSPS) is 15.4. The molecule has 8 nitrogen and oxygen atoms in total. The Bertz CT molecular complexity index is 1820. The van der Waals surface area contributed by atoms with E-state index in [9.17, 15) is 14.9 Å². The Balaban J connectivity index is 1.42. The van der Waals surface area contributed by atoms with Gasteiger partial charge in [0.05, 0.1) is 17.9 Å². The highest BCUT2D eigenvalue weighted by molar-refractivity contribution is 7.99. The van der Waals surface area contributed by atoms with E-state index >= 15 is 0 Å². The van der Waals surface area contributed by atoms with Gasteiger partial charge in [0, 0.05) is 27.8 Å². The summed E-state index contributed by atoms with van der Waals surface area (Å²) in [5.74, 6) is 1.09. The molecule has 43 heavy (non-hydrogen) atoms. The Hall–Kier alpha value is -5.07. The first-order chi connectivity index (χ1) is 21.0. The van der Waals surface area contributed by atoms with E-state index < -0.39 is 11.8 Å². The van der Waals surface area contributed by atoms with Crippen LogP contribution >= 0.6 is 11.8 Å². The number of rotatable bonds is 8. The average Bonchev–Trinajstić information content (AvgIpc) is 3.68. The number of imide groups is 1. The van der Waals surface area contributed by atoms with Crippen LogP contribution in [0.15, 0.2) is 101 Å². The summed E-state index contributed by atoms with van der Waals surface area (Å²) in [6.07, 6.45) is 4.68. The van der Waals surface area contributed by atoms with Crippen molar-refractivity contribution in [2.24, 2.45) is 0 Å². The number of hydrogen-bond acceptors (Lipinski definition) is 7. The molecule has 3 aromatic carbocycles. The Morgan fingerprint density at radius 2 is 1.77 bits per heavy atom. The van der Waals surface area contributed by atoms with Gasteiger partial charge in [-0.25, -0.2) is 4.68 Å². The van der Waals surface area contributed by atoms with E-state index in [1.165, 1.54) is 4.90 Å². The van der Waals surface area contributed by atoms with E-state index in [1.54, 1.807) is 47.6 Å². The van der Waals surface area contributed by atoms with Crippen molar-refractivity contribution in [2.45, 2.75) is 31.7 Å². The molecule has 214 valence electrons. The van der Waals surface area contributed by atoms with Gasteiger partial charge in [-0.05, 0) is 72.7 Å². The molecule has 0 saturated heterocycles. The third kappa shape index (κ3) is 5.57. The van der Waals surface area contributed by atoms with Gasteiger partial charge in [-0.3, -0.25) is 14.5 Å². The topological polar surface area (TPSA) is 97.4 Å². The van der Waals surface area contributed by atoms with Gasteiger partial charge >= 0.3 is 0 Å². The predicted molar refractivity (Wildman–Crippen MR) is 164 cm³/mol. The number of nitriles is 1. The van der Waals surface area contributed by atoms with Gasteiger partial charge in [-0.15, -0.1) is 11.8 Å².